The Morgan fingerprint density at radius 2 is 2.00 bits per heavy atom. The Labute approximate surface area is 135 Å². The van der Waals surface area contributed by atoms with Crippen molar-refractivity contribution in [2.75, 3.05) is 18.9 Å². The fraction of sp³-hybridized carbons (Fsp3) is 0.400. The highest BCUT2D eigenvalue weighted by molar-refractivity contribution is 5.48. The van der Waals surface area contributed by atoms with Gasteiger partial charge in [0.05, 0.1) is 0 Å². The van der Waals surface area contributed by atoms with Crippen LogP contribution in [0, 0.1) is 5.92 Å². The van der Waals surface area contributed by atoms with Crippen molar-refractivity contribution in [1.29, 1.82) is 0 Å². The van der Waals surface area contributed by atoms with Gasteiger partial charge in [0.1, 0.15) is 0 Å². The Hall–Kier alpha value is -1.96. The van der Waals surface area contributed by atoms with Crippen LogP contribution >= 0.6 is 0 Å². The molecule has 0 fully saturated rings. The van der Waals surface area contributed by atoms with Gasteiger partial charge < -0.3 is 10.2 Å². The van der Waals surface area contributed by atoms with E-state index in [1.807, 2.05) is 6.07 Å². The second-order valence-electron chi connectivity index (χ2n) is 5.90. The van der Waals surface area contributed by atoms with E-state index in [4.69, 9.17) is 0 Å². The molecule has 1 atom stereocenters. The molecule has 0 spiro atoms. The molecule has 0 aliphatic carbocycles. The third kappa shape index (κ3) is 4.03. The first-order valence-electron chi connectivity index (χ1n) is 8.26. The maximum absolute atomic E-state index is 3.55. The fourth-order valence-electron chi connectivity index (χ4n) is 2.88. The first-order valence-corrected chi connectivity index (χ1v) is 8.26. The van der Waals surface area contributed by atoms with Gasteiger partial charge in [-0.2, -0.15) is 0 Å². The minimum absolute atomic E-state index is 0.493. The summed E-state index contributed by atoms with van der Waals surface area (Å²) in [6.07, 6.45) is 9.00. The fourth-order valence-corrected chi connectivity index (χ4v) is 2.88. The molecule has 1 heterocycles. The summed E-state index contributed by atoms with van der Waals surface area (Å²) in [5.41, 5.74) is 5.30. The zero-order chi connectivity index (χ0) is 15.9. The number of nitrogens with one attached hydrogen (secondary N) is 1. The monoisotopic (exact) mass is 296 g/mol. The molecular formula is C20H28N2. The summed E-state index contributed by atoms with van der Waals surface area (Å²) in [4.78, 5) is 2.36. The summed E-state index contributed by atoms with van der Waals surface area (Å²) >= 11 is 0. The van der Waals surface area contributed by atoms with E-state index in [2.05, 4.69) is 80.5 Å². The summed E-state index contributed by atoms with van der Waals surface area (Å²) in [6.45, 7) is 7.71. The molecule has 1 aromatic rings. The normalized spacial score (nSPS) is 19.4. The van der Waals surface area contributed by atoms with Gasteiger partial charge in [-0.05, 0) is 43.5 Å². The number of nitrogens with zero attached hydrogens (tertiary/aromatic N) is 1. The molecule has 0 aromatic heterocycles. The number of benzene rings is 1. The van der Waals surface area contributed by atoms with Crippen molar-refractivity contribution in [3.05, 3.63) is 65.5 Å². The van der Waals surface area contributed by atoms with Crippen LogP contribution in [0.2, 0.25) is 0 Å². The number of hydrogen-bond acceptors (Lipinski definition) is 2. The first-order chi connectivity index (χ1) is 10.7. The summed E-state index contributed by atoms with van der Waals surface area (Å²) in [6, 6.07) is 10.4. The van der Waals surface area contributed by atoms with E-state index in [1.54, 1.807) is 0 Å². The molecule has 1 aromatic carbocycles. The van der Waals surface area contributed by atoms with Gasteiger partial charge >= 0.3 is 0 Å². The lowest BCUT2D eigenvalue weighted by Gasteiger charge is -2.15. The summed E-state index contributed by atoms with van der Waals surface area (Å²) in [5.74, 6) is 0.493. The van der Waals surface area contributed by atoms with Crippen LogP contribution in [0.5, 0.6) is 0 Å². The minimum atomic E-state index is 0.493. The second kappa shape index (κ2) is 7.88. The van der Waals surface area contributed by atoms with Gasteiger partial charge in [0.25, 0.3) is 0 Å². The molecule has 1 aliphatic rings. The number of para-hydroxylation sites is 1. The average molecular weight is 296 g/mol. The van der Waals surface area contributed by atoms with Gasteiger partial charge in [0.2, 0.25) is 0 Å². The van der Waals surface area contributed by atoms with Gasteiger partial charge in [0, 0.05) is 36.6 Å². The molecule has 2 heteroatoms. The third-order valence-corrected chi connectivity index (χ3v) is 4.22. The van der Waals surface area contributed by atoms with E-state index in [0.29, 0.717) is 5.92 Å². The summed E-state index contributed by atoms with van der Waals surface area (Å²) in [7, 11) is 2.18. The van der Waals surface area contributed by atoms with Crippen molar-refractivity contribution in [3.8, 4) is 0 Å². The number of rotatable bonds is 6. The van der Waals surface area contributed by atoms with Crippen LogP contribution in [-0.4, -0.2) is 18.5 Å². The molecule has 2 nitrogen and oxygen atoms in total. The zero-order valence-corrected chi connectivity index (χ0v) is 14.3. The van der Waals surface area contributed by atoms with Crippen LogP contribution in [0.25, 0.3) is 0 Å². The number of likely N-dealkylation sites (N-methyl/N-ethyl adjacent to an activating group) is 1. The van der Waals surface area contributed by atoms with Crippen LogP contribution in [0.3, 0.4) is 0 Å². The SMILES string of the molecule is CCC=CC1=C(C)C(C=C(CC)Nc2ccccc2)CN1C. The highest BCUT2D eigenvalue weighted by atomic mass is 15.1. The maximum Gasteiger partial charge on any atom is 0.0381 e. The number of anilines is 1. The van der Waals surface area contributed by atoms with Crippen molar-refractivity contribution in [2.45, 2.75) is 33.6 Å². The zero-order valence-electron chi connectivity index (χ0n) is 14.3. The smallest absolute Gasteiger partial charge is 0.0381 e. The average Bonchev–Trinajstić information content (AvgIpc) is 2.79. The van der Waals surface area contributed by atoms with Gasteiger partial charge in [-0.25, -0.2) is 0 Å². The predicted octanol–water partition coefficient (Wildman–Crippen LogP) is 5.19. The van der Waals surface area contributed by atoms with Gasteiger partial charge in [-0.15, -0.1) is 0 Å². The van der Waals surface area contributed by atoms with E-state index in [-0.39, 0.29) is 0 Å². The van der Waals surface area contributed by atoms with E-state index in [0.717, 1.165) is 25.1 Å². The van der Waals surface area contributed by atoms with Gasteiger partial charge in [0.15, 0.2) is 0 Å². The molecule has 1 N–H and O–H groups in total. The Balaban J connectivity index is 2.16. The van der Waals surface area contributed by atoms with E-state index < -0.39 is 0 Å². The molecule has 1 aliphatic heterocycles. The number of hydrogen-bond donors (Lipinski definition) is 1. The number of allylic oxidation sites excluding steroid dienone is 3. The molecule has 1 unspecified atom stereocenters. The molecule has 0 radical (unpaired) electrons. The molecule has 0 saturated heterocycles. The molecular weight excluding hydrogens is 268 g/mol. The highest BCUT2D eigenvalue weighted by Gasteiger charge is 2.23. The molecule has 0 amide bonds. The van der Waals surface area contributed by atoms with Crippen LogP contribution in [0.1, 0.15) is 33.6 Å². The Morgan fingerprint density at radius 3 is 2.64 bits per heavy atom. The molecule has 2 rings (SSSR count). The lowest BCUT2D eigenvalue weighted by atomic mass is 10.00. The summed E-state index contributed by atoms with van der Waals surface area (Å²) in [5, 5.41) is 3.55. The van der Waals surface area contributed by atoms with Crippen LogP contribution in [0.15, 0.2) is 65.5 Å². The van der Waals surface area contributed by atoms with Gasteiger partial charge in [-0.1, -0.05) is 44.2 Å². The van der Waals surface area contributed by atoms with E-state index in [9.17, 15) is 0 Å². The Kier molecular flexibility index (Phi) is 5.88. The first kappa shape index (κ1) is 16.4. The van der Waals surface area contributed by atoms with Crippen LogP contribution < -0.4 is 5.32 Å². The lowest BCUT2D eigenvalue weighted by molar-refractivity contribution is 0.444. The van der Waals surface area contributed by atoms with Crippen molar-refractivity contribution in [1.82, 2.24) is 4.90 Å². The van der Waals surface area contributed by atoms with Gasteiger partial charge in [-0.3, -0.25) is 0 Å². The maximum atomic E-state index is 3.55. The second-order valence-corrected chi connectivity index (χ2v) is 5.90. The molecule has 0 bridgehead atoms. The van der Waals surface area contributed by atoms with E-state index >= 15 is 0 Å². The predicted molar refractivity (Wildman–Crippen MR) is 96.7 cm³/mol. The Bertz CT molecular complexity index is 567. The standard InChI is InChI=1S/C20H28N2/c1-5-7-13-20-16(3)17(15-22(20)4)14-18(6-2)21-19-11-9-8-10-12-19/h7-14,17,21H,5-6,15H2,1-4H3. The molecule has 118 valence electrons. The quantitative estimate of drug-likeness (QED) is 0.776. The largest absolute Gasteiger partial charge is 0.374 e. The Morgan fingerprint density at radius 1 is 1.27 bits per heavy atom. The van der Waals surface area contributed by atoms with E-state index in [1.165, 1.54) is 17.0 Å². The molecule has 0 saturated carbocycles. The molecule has 22 heavy (non-hydrogen) atoms. The third-order valence-electron chi connectivity index (χ3n) is 4.22. The topological polar surface area (TPSA) is 15.3 Å². The van der Waals surface area contributed by atoms with Crippen molar-refractivity contribution >= 4 is 5.69 Å². The minimum Gasteiger partial charge on any atom is -0.374 e. The van der Waals surface area contributed by atoms with Crippen molar-refractivity contribution in [3.63, 3.8) is 0 Å². The van der Waals surface area contributed by atoms with Crippen LogP contribution in [-0.2, 0) is 0 Å². The van der Waals surface area contributed by atoms with Crippen molar-refractivity contribution in [2.24, 2.45) is 5.92 Å². The van der Waals surface area contributed by atoms with Crippen molar-refractivity contribution < 1.29 is 0 Å². The van der Waals surface area contributed by atoms with Crippen LogP contribution in [0.4, 0.5) is 5.69 Å². The lowest BCUT2D eigenvalue weighted by Crippen LogP contribution is -2.15. The highest BCUT2D eigenvalue weighted by Crippen LogP contribution is 2.30. The summed E-state index contributed by atoms with van der Waals surface area (Å²) < 4.78 is 0.